The van der Waals surface area contributed by atoms with Gasteiger partial charge in [0.15, 0.2) is 0 Å². The molecule has 2 bridgehead atoms. The molecule has 5 saturated carbocycles. The van der Waals surface area contributed by atoms with Crippen LogP contribution in [0, 0.1) is 39.9 Å². The summed E-state index contributed by atoms with van der Waals surface area (Å²) in [5.74, 6) is 3.61. The summed E-state index contributed by atoms with van der Waals surface area (Å²) >= 11 is 2.03. The standard InChI is InChI=1S/C23H38O3S/c1-4-12-27-14-16-15-6-10-23(19(16)24)11-7-17-21(2,18(23)13-15)8-5-9-22(17,3)20(25)26/h15-19,24H,4-14H2,1-3H3,(H,25,26)/t15-,16-,17-,18-,19+,21+,22+,23-/m0/s1. The van der Waals surface area contributed by atoms with Crippen molar-refractivity contribution < 1.29 is 15.0 Å². The lowest BCUT2D eigenvalue weighted by Gasteiger charge is -2.70. The average Bonchev–Trinajstić information content (AvgIpc) is 2.64. The minimum absolute atomic E-state index is 0.0637. The van der Waals surface area contributed by atoms with Crippen LogP contribution in [0.2, 0.25) is 0 Å². The molecular formula is C23H38O3S. The van der Waals surface area contributed by atoms with Gasteiger partial charge >= 0.3 is 5.97 Å². The van der Waals surface area contributed by atoms with Crippen molar-refractivity contribution in [3.63, 3.8) is 0 Å². The van der Waals surface area contributed by atoms with Crippen molar-refractivity contribution in [2.24, 2.45) is 39.9 Å². The third kappa shape index (κ3) is 2.75. The van der Waals surface area contributed by atoms with E-state index in [1.54, 1.807) is 0 Å². The number of aliphatic hydroxyl groups is 1. The van der Waals surface area contributed by atoms with Crippen LogP contribution in [0.4, 0.5) is 0 Å². The Kier molecular flexibility index (Phi) is 5.15. The number of hydrogen-bond acceptors (Lipinski definition) is 3. The predicted octanol–water partition coefficient (Wildman–Crippen LogP) is 5.21. The zero-order chi connectivity index (χ0) is 19.4. The van der Waals surface area contributed by atoms with Gasteiger partial charge in [-0.3, -0.25) is 4.79 Å². The molecule has 0 saturated heterocycles. The lowest BCUT2D eigenvalue weighted by atomic mass is 9.35. The number of fused-ring (bicyclic) bond motifs is 3. The summed E-state index contributed by atoms with van der Waals surface area (Å²) in [5, 5.41) is 21.6. The second-order valence-corrected chi connectivity index (χ2v) is 11.8. The van der Waals surface area contributed by atoms with E-state index in [1.165, 1.54) is 31.4 Å². The van der Waals surface area contributed by atoms with E-state index >= 15 is 0 Å². The van der Waals surface area contributed by atoms with E-state index < -0.39 is 11.4 Å². The molecular weight excluding hydrogens is 356 g/mol. The van der Waals surface area contributed by atoms with Gasteiger partial charge < -0.3 is 10.2 Å². The molecule has 0 heterocycles. The van der Waals surface area contributed by atoms with Crippen molar-refractivity contribution >= 4 is 17.7 Å². The molecule has 0 unspecified atom stereocenters. The zero-order valence-corrected chi connectivity index (χ0v) is 18.2. The maximum Gasteiger partial charge on any atom is 0.309 e. The first-order valence-electron chi connectivity index (χ1n) is 11.3. The van der Waals surface area contributed by atoms with E-state index in [0.717, 1.165) is 37.9 Å². The van der Waals surface area contributed by atoms with Crippen LogP contribution >= 0.6 is 11.8 Å². The van der Waals surface area contributed by atoms with Crippen molar-refractivity contribution in [1.29, 1.82) is 0 Å². The van der Waals surface area contributed by atoms with Crippen LogP contribution in [0.5, 0.6) is 0 Å². The number of carboxylic acid groups (broad SMARTS) is 1. The Bertz CT molecular complexity index is 594. The van der Waals surface area contributed by atoms with Crippen LogP contribution in [-0.2, 0) is 4.79 Å². The lowest BCUT2D eigenvalue weighted by molar-refractivity contribution is -0.241. The molecule has 0 aromatic heterocycles. The van der Waals surface area contributed by atoms with Gasteiger partial charge in [-0.2, -0.15) is 11.8 Å². The number of carbonyl (C=O) groups is 1. The molecule has 1 spiro atoms. The number of hydrogen-bond donors (Lipinski definition) is 2. The molecule has 5 rings (SSSR count). The molecule has 2 N–H and O–H groups in total. The van der Waals surface area contributed by atoms with Crippen LogP contribution in [0.25, 0.3) is 0 Å². The first-order chi connectivity index (χ1) is 12.8. The number of aliphatic hydroxyl groups excluding tert-OH is 1. The van der Waals surface area contributed by atoms with E-state index in [0.29, 0.717) is 17.8 Å². The van der Waals surface area contributed by atoms with Gasteiger partial charge in [-0.25, -0.2) is 0 Å². The summed E-state index contributed by atoms with van der Waals surface area (Å²) in [5.41, 5.74) is -0.425. The highest BCUT2D eigenvalue weighted by atomic mass is 32.2. The van der Waals surface area contributed by atoms with Crippen molar-refractivity contribution in [3.05, 3.63) is 0 Å². The Morgan fingerprint density at radius 1 is 1.11 bits per heavy atom. The lowest BCUT2D eigenvalue weighted by Crippen LogP contribution is -2.67. The van der Waals surface area contributed by atoms with Gasteiger partial charge in [0.1, 0.15) is 0 Å². The molecule has 5 aliphatic rings. The summed E-state index contributed by atoms with van der Waals surface area (Å²) in [6.07, 6.45) is 9.76. The molecule has 0 radical (unpaired) electrons. The minimum Gasteiger partial charge on any atom is -0.481 e. The monoisotopic (exact) mass is 394 g/mol. The molecule has 154 valence electrons. The van der Waals surface area contributed by atoms with Crippen LogP contribution in [0.1, 0.15) is 78.6 Å². The Morgan fingerprint density at radius 3 is 2.56 bits per heavy atom. The van der Waals surface area contributed by atoms with E-state index in [9.17, 15) is 15.0 Å². The highest BCUT2D eigenvalue weighted by Gasteiger charge is 2.68. The summed E-state index contributed by atoms with van der Waals surface area (Å²) in [6.45, 7) is 6.64. The van der Waals surface area contributed by atoms with Crippen molar-refractivity contribution in [3.8, 4) is 0 Å². The largest absolute Gasteiger partial charge is 0.481 e. The van der Waals surface area contributed by atoms with Crippen molar-refractivity contribution in [2.75, 3.05) is 11.5 Å². The summed E-state index contributed by atoms with van der Waals surface area (Å²) < 4.78 is 0. The Morgan fingerprint density at radius 2 is 1.85 bits per heavy atom. The first kappa shape index (κ1) is 20.1. The van der Waals surface area contributed by atoms with E-state index in [-0.39, 0.29) is 22.9 Å². The molecule has 5 fully saturated rings. The minimum atomic E-state index is -0.593. The molecule has 27 heavy (non-hydrogen) atoms. The third-order valence-electron chi connectivity index (χ3n) is 9.63. The maximum absolute atomic E-state index is 12.2. The molecule has 4 heteroatoms. The van der Waals surface area contributed by atoms with Crippen LogP contribution in [0.3, 0.4) is 0 Å². The molecule has 0 aliphatic heterocycles. The molecule has 3 nitrogen and oxygen atoms in total. The normalized spacial score (nSPS) is 51.5. The fourth-order valence-electron chi connectivity index (χ4n) is 8.32. The van der Waals surface area contributed by atoms with Gasteiger partial charge in [0.25, 0.3) is 0 Å². The molecule has 0 aromatic rings. The van der Waals surface area contributed by atoms with E-state index in [4.69, 9.17) is 0 Å². The number of aliphatic carboxylic acids is 1. The number of carboxylic acids is 1. The SMILES string of the molecule is CCCSC[C@H]1[C@H]2CC[C@@]3(CC[C@H]4[C@@](C)(CCC[C@@]4(C)C(=O)O)[C@@H]3C2)[C@@H]1O. The van der Waals surface area contributed by atoms with E-state index in [2.05, 4.69) is 13.8 Å². The quantitative estimate of drug-likeness (QED) is 0.628. The van der Waals surface area contributed by atoms with Crippen LogP contribution in [0.15, 0.2) is 0 Å². The summed E-state index contributed by atoms with van der Waals surface area (Å²) in [6, 6.07) is 0. The van der Waals surface area contributed by atoms with Gasteiger partial charge in [0.05, 0.1) is 11.5 Å². The maximum atomic E-state index is 12.2. The highest BCUT2D eigenvalue weighted by molar-refractivity contribution is 7.99. The second-order valence-electron chi connectivity index (χ2n) is 10.7. The molecule has 0 aromatic carbocycles. The summed E-state index contributed by atoms with van der Waals surface area (Å²) in [4.78, 5) is 12.2. The second kappa shape index (κ2) is 6.93. The predicted molar refractivity (Wildman–Crippen MR) is 111 cm³/mol. The molecule has 0 amide bonds. The highest BCUT2D eigenvalue weighted by Crippen LogP contribution is 2.72. The van der Waals surface area contributed by atoms with Gasteiger partial charge in [0, 0.05) is 0 Å². The topological polar surface area (TPSA) is 57.5 Å². The van der Waals surface area contributed by atoms with Crippen molar-refractivity contribution in [2.45, 2.75) is 84.7 Å². The fourth-order valence-corrected chi connectivity index (χ4v) is 9.50. The summed E-state index contributed by atoms with van der Waals surface area (Å²) in [7, 11) is 0. The molecule has 8 atom stereocenters. The average molecular weight is 395 g/mol. The molecule has 5 aliphatic carbocycles. The smallest absolute Gasteiger partial charge is 0.309 e. The number of thioether (sulfide) groups is 1. The fraction of sp³-hybridized carbons (Fsp3) is 0.957. The number of rotatable bonds is 5. The Hall–Kier alpha value is -0.220. The van der Waals surface area contributed by atoms with Crippen LogP contribution in [-0.4, -0.2) is 33.8 Å². The van der Waals surface area contributed by atoms with Gasteiger partial charge in [-0.15, -0.1) is 0 Å². The third-order valence-corrected chi connectivity index (χ3v) is 10.9. The van der Waals surface area contributed by atoms with E-state index in [1.807, 2.05) is 18.7 Å². The van der Waals surface area contributed by atoms with Crippen LogP contribution < -0.4 is 0 Å². The zero-order valence-electron chi connectivity index (χ0n) is 17.4. The first-order valence-corrected chi connectivity index (χ1v) is 12.4. The van der Waals surface area contributed by atoms with Gasteiger partial charge in [0.2, 0.25) is 0 Å². The Labute approximate surface area is 169 Å². The van der Waals surface area contributed by atoms with Gasteiger partial charge in [-0.1, -0.05) is 20.3 Å². The van der Waals surface area contributed by atoms with Crippen molar-refractivity contribution in [1.82, 2.24) is 0 Å². The van der Waals surface area contributed by atoms with Gasteiger partial charge in [-0.05, 0) is 104 Å². The Balaban J connectivity index is 1.63.